The molecule has 0 aliphatic carbocycles. The third kappa shape index (κ3) is 3.01. The first-order valence-corrected chi connectivity index (χ1v) is 6.13. The van der Waals surface area contributed by atoms with Gasteiger partial charge in [-0.1, -0.05) is 0 Å². The molecule has 0 bridgehead atoms. The maximum atomic E-state index is 13.6. The third-order valence-electron chi connectivity index (χ3n) is 3.37. The van der Waals surface area contributed by atoms with Crippen molar-refractivity contribution < 1.29 is 18.3 Å². The number of carbonyl (C=O) groups is 1. The first kappa shape index (κ1) is 13.7. The lowest BCUT2D eigenvalue weighted by Gasteiger charge is -2.15. The smallest absolute Gasteiger partial charge is 0.254 e. The van der Waals surface area contributed by atoms with Crippen molar-refractivity contribution in [2.45, 2.75) is 19.4 Å². The largest absolute Gasteiger partial charge is 0.396 e. The molecule has 1 aromatic carbocycles. The number of nitrogen functional groups attached to an aromatic ring is 1. The second-order valence-electron chi connectivity index (χ2n) is 4.69. The van der Waals surface area contributed by atoms with E-state index in [0.717, 1.165) is 18.6 Å². The zero-order valence-electron chi connectivity index (χ0n) is 10.6. The van der Waals surface area contributed by atoms with Crippen molar-refractivity contribution in [3.05, 3.63) is 29.3 Å². The number of halogens is 2. The monoisotopic (exact) mass is 270 g/mol. The lowest BCUT2D eigenvalue weighted by Crippen LogP contribution is -2.32. The lowest BCUT2D eigenvalue weighted by atomic mass is 10.0. The van der Waals surface area contributed by atoms with Crippen LogP contribution in [0.15, 0.2) is 12.1 Å². The highest BCUT2D eigenvalue weighted by Gasteiger charge is 2.25. The second-order valence-corrected chi connectivity index (χ2v) is 4.69. The van der Waals surface area contributed by atoms with Gasteiger partial charge in [0, 0.05) is 19.1 Å². The molecule has 19 heavy (non-hydrogen) atoms. The summed E-state index contributed by atoms with van der Waals surface area (Å²) >= 11 is 0. The fourth-order valence-electron chi connectivity index (χ4n) is 2.14. The molecule has 0 spiro atoms. The van der Waals surface area contributed by atoms with Crippen LogP contribution in [0.5, 0.6) is 0 Å². The molecule has 1 aliphatic rings. The number of amides is 1. The molecule has 1 amide bonds. The van der Waals surface area contributed by atoms with Gasteiger partial charge >= 0.3 is 0 Å². The first-order valence-electron chi connectivity index (χ1n) is 6.13. The van der Waals surface area contributed by atoms with E-state index in [1.807, 2.05) is 6.92 Å². The number of nitrogens with one attached hydrogen (secondary N) is 1. The summed E-state index contributed by atoms with van der Waals surface area (Å²) in [4.78, 5) is 11.8. The summed E-state index contributed by atoms with van der Waals surface area (Å²) in [7, 11) is 0. The van der Waals surface area contributed by atoms with Crippen molar-refractivity contribution in [1.82, 2.24) is 5.32 Å². The summed E-state index contributed by atoms with van der Waals surface area (Å²) in [6.07, 6.45) is 0.901. The van der Waals surface area contributed by atoms with Crippen LogP contribution in [-0.4, -0.2) is 25.2 Å². The van der Waals surface area contributed by atoms with Crippen molar-refractivity contribution in [2.75, 3.05) is 18.9 Å². The molecular weight excluding hydrogens is 254 g/mol. The van der Waals surface area contributed by atoms with Crippen molar-refractivity contribution >= 4 is 11.6 Å². The highest BCUT2D eigenvalue weighted by atomic mass is 19.1. The molecule has 104 valence electrons. The Labute approximate surface area is 109 Å². The van der Waals surface area contributed by atoms with Crippen molar-refractivity contribution in [1.29, 1.82) is 0 Å². The van der Waals surface area contributed by atoms with E-state index in [1.54, 1.807) is 0 Å². The topological polar surface area (TPSA) is 64.3 Å². The molecule has 0 saturated carbocycles. The van der Waals surface area contributed by atoms with E-state index < -0.39 is 17.5 Å². The molecular formula is C13H16F2N2O2. The highest BCUT2D eigenvalue weighted by molar-refractivity contribution is 5.95. The van der Waals surface area contributed by atoms with Gasteiger partial charge in [0.05, 0.1) is 17.4 Å². The standard InChI is InChI=1S/C13H16F2N2O2/c1-7-8(2-3-19-7)6-17-13(18)10-4-9(14)5-11(16)12(10)15/h4-5,7-8H,2-3,6,16H2,1H3,(H,17,18). The van der Waals surface area contributed by atoms with E-state index in [4.69, 9.17) is 10.5 Å². The van der Waals surface area contributed by atoms with Gasteiger partial charge in [-0.3, -0.25) is 4.79 Å². The molecule has 0 radical (unpaired) electrons. The highest BCUT2D eigenvalue weighted by Crippen LogP contribution is 2.20. The minimum absolute atomic E-state index is 0.0581. The van der Waals surface area contributed by atoms with E-state index in [-0.39, 0.29) is 23.3 Å². The van der Waals surface area contributed by atoms with Gasteiger partial charge in [0.2, 0.25) is 0 Å². The minimum Gasteiger partial charge on any atom is -0.396 e. The molecule has 1 heterocycles. The van der Waals surface area contributed by atoms with Gasteiger partial charge in [0.1, 0.15) is 5.82 Å². The maximum Gasteiger partial charge on any atom is 0.254 e. The average molecular weight is 270 g/mol. The van der Waals surface area contributed by atoms with Crippen molar-refractivity contribution in [2.24, 2.45) is 5.92 Å². The number of hydrogen-bond donors (Lipinski definition) is 2. The molecule has 1 fully saturated rings. The van der Waals surface area contributed by atoms with E-state index in [0.29, 0.717) is 13.2 Å². The molecule has 3 N–H and O–H groups in total. The van der Waals surface area contributed by atoms with Gasteiger partial charge in [-0.25, -0.2) is 8.78 Å². The van der Waals surface area contributed by atoms with Gasteiger partial charge < -0.3 is 15.8 Å². The molecule has 1 aliphatic heterocycles. The predicted molar refractivity (Wildman–Crippen MR) is 66.6 cm³/mol. The van der Waals surface area contributed by atoms with Gasteiger partial charge in [0.15, 0.2) is 5.82 Å². The second kappa shape index (κ2) is 5.52. The van der Waals surface area contributed by atoms with E-state index in [1.165, 1.54) is 0 Å². The number of carbonyl (C=O) groups excluding carboxylic acids is 1. The van der Waals surface area contributed by atoms with E-state index in [9.17, 15) is 13.6 Å². The molecule has 1 aromatic rings. The van der Waals surface area contributed by atoms with E-state index in [2.05, 4.69) is 5.32 Å². The normalized spacial score (nSPS) is 22.5. The Morgan fingerprint density at radius 2 is 2.26 bits per heavy atom. The summed E-state index contributed by atoms with van der Waals surface area (Å²) in [5.41, 5.74) is 4.54. The summed E-state index contributed by atoms with van der Waals surface area (Å²) in [5, 5.41) is 2.59. The Morgan fingerprint density at radius 3 is 2.89 bits per heavy atom. The molecule has 1 saturated heterocycles. The van der Waals surface area contributed by atoms with Gasteiger partial charge in [-0.2, -0.15) is 0 Å². The van der Waals surface area contributed by atoms with Crippen LogP contribution in [0.3, 0.4) is 0 Å². The van der Waals surface area contributed by atoms with Crippen LogP contribution in [-0.2, 0) is 4.74 Å². The maximum absolute atomic E-state index is 13.6. The van der Waals surface area contributed by atoms with Crippen LogP contribution in [0.4, 0.5) is 14.5 Å². The molecule has 0 aromatic heterocycles. The quantitative estimate of drug-likeness (QED) is 0.822. The number of anilines is 1. The van der Waals surface area contributed by atoms with Crippen LogP contribution in [0, 0.1) is 17.6 Å². The summed E-state index contributed by atoms with van der Waals surface area (Å²) in [6, 6.07) is 1.69. The van der Waals surface area contributed by atoms with Gasteiger partial charge in [-0.15, -0.1) is 0 Å². The zero-order valence-corrected chi connectivity index (χ0v) is 10.6. The predicted octanol–water partition coefficient (Wildman–Crippen LogP) is 1.70. The van der Waals surface area contributed by atoms with Crippen molar-refractivity contribution in [3.63, 3.8) is 0 Å². The fraction of sp³-hybridized carbons (Fsp3) is 0.462. The fourth-order valence-corrected chi connectivity index (χ4v) is 2.14. The first-order chi connectivity index (χ1) is 8.99. The Hall–Kier alpha value is -1.69. The summed E-state index contributed by atoms with van der Waals surface area (Å²) in [5.74, 6) is -2.10. The average Bonchev–Trinajstić information content (AvgIpc) is 2.76. The zero-order chi connectivity index (χ0) is 14.0. The molecule has 2 atom stereocenters. The lowest BCUT2D eigenvalue weighted by molar-refractivity contribution is 0.0903. The Morgan fingerprint density at radius 1 is 1.53 bits per heavy atom. The number of rotatable bonds is 3. The van der Waals surface area contributed by atoms with Crippen LogP contribution < -0.4 is 11.1 Å². The number of nitrogens with two attached hydrogens (primary N) is 1. The molecule has 6 heteroatoms. The number of hydrogen-bond acceptors (Lipinski definition) is 3. The summed E-state index contributed by atoms with van der Waals surface area (Å²) in [6.45, 7) is 2.95. The molecule has 2 unspecified atom stereocenters. The number of ether oxygens (including phenoxy) is 1. The van der Waals surface area contributed by atoms with Gasteiger partial charge in [-0.05, 0) is 25.5 Å². The Bertz CT molecular complexity index is 494. The summed E-state index contributed by atoms with van der Waals surface area (Å²) < 4.78 is 32.1. The van der Waals surface area contributed by atoms with Crippen LogP contribution in [0.25, 0.3) is 0 Å². The van der Waals surface area contributed by atoms with Gasteiger partial charge in [0.25, 0.3) is 5.91 Å². The Balaban J connectivity index is 2.04. The van der Waals surface area contributed by atoms with Crippen LogP contribution in [0.1, 0.15) is 23.7 Å². The van der Waals surface area contributed by atoms with Crippen LogP contribution in [0.2, 0.25) is 0 Å². The van der Waals surface area contributed by atoms with Crippen molar-refractivity contribution in [3.8, 4) is 0 Å². The SMILES string of the molecule is CC1OCCC1CNC(=O)c1cc(F)cc(N)c1F. The third-order valence-corrected chi connectivity index (χ3v) is 3.37. The Kier molecular flexibility index (Phi) is 3.99. The molecule has 4 nitrogen and oxygen atoms in total. The van der Waals surface area contributed by atoms with Crippen LogP contribution >= 0.6 is 0 Å². The van der Waals surface area contributed by atoms with E-state index >= 15 is 0 Å². The minimum atomic E-state index is -0.894. The number of benzene rings is 1. The molecule has 2 rings (SSSR count).